The zero-order chi connectivity index (χ0) is 12.8. The molecule has 0 aliphatic carbocycles. The normalized spacial score (nSPS) is 11.6. The van der Waals surface area contributed by atoms with Crippen molar-refractivity contribution in [3.63, 3.8) is 0 Å². The van der Waals surface area contributed by atoms with Gasteiger partial charge < -0.3 is 10.4 Å². The number of carbonyl (C=O) groups is 2. The van der Waals surface area contributed by atoms with E-state index in [-0.39, 0.29) is 12.5 Å². The fraction of sp³-hybridized carbons (Fsp3) is 0.818. The molecule has 2 N–H and O–H groups in total. The van der Waals surface area contributed by atoms with Crippen molar-refractivity contribution >= 4 is 11.9 Å². The van der Waals surface area contributed by atoms with Crippen LogP contribution in [0.5, 0.6) is 0 Å². The molecule has 0 saturated carbocycles. The third kappa shape index (κ3) is 5.11. The van der Waals surface area contributed by atoms with Crippen LogP contribution < -0.4 is 5.32 Å². The summed E-state index contributed by atoms with van der Waals surface area (Å²) in [6.07, 6.45) is 0.896. The van der Waals surface area contributed by atoms with E-state index in [9.17, 15) is 9.59 Å². The fourth-order valence-corrected chi connectivity index (χ4v) is 1.44. The highest BCUT2D eigenvalue weighted by atomic mass is 16.4. The van der Waals surface area contributed by atoms with Crippen LogP contribution in [-0.4, -0.2) is 48.6 Å². The van der Waals surface area contributed by atoms with Crippen LogP contribution in [-0.2, 0) is 9.59 Å². The molecule has 0 aliphatic rings. The van der Waals surface area contributed by atoms with Crippen molar-refractivity contribution < 1.29 is 14.7 Å². The smallest absolute Gasteiger partial charge is 0.310 e. The zero-order valence-electron chi connectivity index (χ0n) is 10.5. The number of hydrogen-bond donors (Lipinski definition) is 2. The van der Waals surface area contributed by atoms with Crippen molar-refractivity contribution in [1.82, 2.24) is 10.2 Å². The highest BCUT2D eigenvalue weighted by molar-refractivity contribution is 5.78. The second-order valence-electron chi connectivity index (χ2n) is 4.57. The molecule has 0 bridgehead atoms. The van der Waals surface area contributed by atoms with Crippen LogP contribution in [0.25, 0.3) is 0 Å². The Labute approximate surface area is 96.8 Å². The van der Waals surface area contributed by atoms with E-state index in [1.165, 1.54) is 0 Å². The van der Waals surface area contributed by atoms with Crippen molar-refractivity contribution in [2.45, 2.75) is 27.2 Å². The largest absolute Gasteiger partial charge is 0.481 e. The van der Waals surface area contributed by atoms with Crippen molar-refractivity contribution in [2.75, 3.05) is 26.7 Å². The number of aliphatic carboxylic acids is 1. The second-order valence-corrected chi connectivity index (χ2v) is 4.57. The topological polar surface area (TPSA) is 69.6 Å². The maximum atomic E-state index is 11.3. The van der Waals surface area contributed by atoms with Crippen LogP contribution in [0.3, 0.4) is 0 Å². The van der Waals surface area contributed by atoms with Gasteiger partial charge in [-0.25, -0.2) is 0 Å². The van der Waals surface area contributed by atoms with Crippen LogP contribution in [0.4, 0.5) is 0 Å². The highest BCUT2D eigenvalue weighted by Crippen LogP contribution is 2.17. The molecule has 0 aromatic carbocycles. The minimum Gasteiger partial charge on any atom is -0.481 e. The number of carboxylic acid groups (broad SMARTS) is 1. The van der Waals surface area contributed by atoms with Crippen LogP contribution >= 0.6 is 0 Å². The Bertz CT molecular complexity index is 252. The summed E-state index contributed by atoms with van der Waals surface area (Å²) in [5, 5.41) is 11.6. The molecule has 94 valence electrons. The lowest BCUT2D eigenvalue weighted by atomic mass is 9.93. The monoisotopic (exact) mass is 230 g/mol. The number of nitrogens with one attached hydrogen (secondary N) is 1. The SMILES string of the molecule is CCCN(CC(=O)NC)CC(C)(C)C(=O)O. The van der Waals surface area contributed by atoms with E-state index in [4.69, 9.17) is 5.11 Å². The number of carboxylic acids is 1. The number of likely N-dealkylation sites (N-methyl/N-ethyl adjacent to an activating group) is 1. The van der Waals surface area contributed by atoms with Crippen molar-refractivity contribution in [1.29, 1.82) is 0 Å². The first kappa shape index (κ1) is 14.9. The Hall–Kier alpha value is -1.10. The average Bonchev–Trinajstić information content (AvgIpc) is 2.17. The lowest BCUT2D eigenvalue weighted by molar-refractivity contribution is -0.148. The molecule has 0 spiro atoms. The van der Waals surface area contributed by atoms with Gasteiger partial charge in [-0.2, -0.15) is 0 Å². The van der Waals surface area contributed by atoms with Gasteiger partial charge in [-0.1, -0.05) is 6.92 Å². The predicted octanol–water partition coefficient (Wildman–Crippen LogP) is 0.555. The molecule has 16 heavy (non-hydrogen) atoms. The van der Waals surface area contributed by atoms with Crippen LogP contribution in [0.15, 0.2) is 0 Å². The molecule has 0 unspecified atom stereocenters. The molecule has 0 saturated heterocycles. The van der Waals surface area contributed by atoms with Gasteiger partial charge in [0, 0.05) is 13.6 Å². The summed E-state index contributed by atoms with van der Waals surface area (Å²) in [4.78, 5) is 24.1. The Morgan fingerprint density at radius 2 is 1.94 bits per heavy atom. The lowest BCUT2D eigenvalue weighted by Crippen LogP contribution is -2.43. The summed E-state index contributed by atoms with van der Waals surface area (Å²) in [7, 11) is 1.58. The van der Waals surface area contributed by atoms with Gasteiger partial charge in [-0.15, -0.1) is 0 Å². The van der Waals surface area contributed by atoms with Crippen LogP contribution in [0.1, 0.15) is 27.2 Å². The molecular formula is C11H22N2O3. The molecule has 0 fully saturated rings. The number of rotatable bonds is 7. The van der Waals surface area contributed by atoms with E-state index in [0.717, 1.165) is 13.0 Å². The maximum Gasteiger partial charge on any atom is 0.310 e. The minimum absolute atomic E-state index is 0.0883. The Balaban J connectivity index is 4.43. The Kier molecular flexibility index (Phi) is 6.03. The van der Waals surface area contributed by atoms with E-state index in [0.29, 0.717) is 6.54 Å². The minimum atomic E-state index is -0.842. The van der Waals surface area contributed by atoms with E-state index < -0.39 is 11.4 Å². The van der Waals surface area contributed by atoms with Gasteiger partial charge in [0.15, 0.2) is 0 Å². The quantitative estimate of drug-likeness (QED) is 0.670. The Morgan fingerprint density at radius 3 is 2.31 bits per heavy atom. The van der Waals surface area contributed by atoms with Gasteiger partial charge in [0.25, 0.3) is 0 Å². The number of carbonyl (C=O) groups excluding carboxylic acids is 1. The van der Waals surface area contributed by atoms with Gasteiger partial charge in [0.1, 0.15) is 0 Å². The third-order valence-corrected chi connectivity index (χ3v) is 2.38. The summed E-state index contributed by atoms with van der Waals surface area (Å²) < 4.78 is 0. The highest BCUT2D eigenvalue weighted by Gasteiger charge is 2.29. The summed E-state index contributed by atoms with van der Waals surface area (Å²) >= 11 is 0. The van der Waals surface area contributed by atoms with Crippen LogP contribution in [0, 0.1) is 5.41 Å². The first-order valence-corrected chi connectivity index (χ1v) is 5.49. The van der Waals surface area contributed by atoms with Crippen molar-refractivity contribution in [3.8, 4) is 0 Å². The second kappa shape index (κ2) is 6.48. The van der Waals surface area contributed by atoms with Gasteiger partial charge in [0.05, 0.1) is 12.0 Å². The number of amides is 1. The van der Waals surface area contributed by atoms with Gasteiger partial charge in [0.2, 0.25) is 5.91 Å². The standard InChI is InChI=1S/C11H22N2O3/c1-5-6-13(7-9(14)12-4)8-11(2,3)10(15)16/h5-8H2,1-4H3,(H,12,14)(H,15,16). The Morgan fingerprint density at radius 1 is 1.38 bits per heavy atom. The first-order valence-electron chi connectivity index (χ1n) is 5.49. The van der Waals surface area contributed by atoms with E-state index in [1.807, 2.05) is 11.8 Å². The van der Waals surface area contributed by atoms with Crippen molar-refractivity contribution in [2.24, 2.45) is 5.41 Å². The maximum absolute atomic E-state index is 11.3. The van der Waals surface area contributed by atoms with E-state index >= 15 is 0 Å². The number of hydrogen-bond acceptors (Lipinski definition) is 3. The average molecular weight is 230 g/mol. The molecule has 0 aromatic heterocycles. The van der Waals surface area contributed by atoms with Crippen molar-refractivity contribution in [3.05, 3.63) is 0 Å². The molecule has 0 aliphatic heterocycles. The van der Waals surface area contributed by atoms with E-state index in [2.05, 4.69) is 5.32 Å². The molecular weight excluding hydrogens is 208 g/mol. The van der Waals surface area contributed by atoms with E-state index in [1.54, 1.807) is 20.9 Å². The molecule has 0 heterocycles. The molecule has 0 atom stereocenters. The predicted molar refractivity (Wildman–Crippen MR) is 62.2 cm³/mol. The molecule has 5 heteroatoms. The summed E-state index contributed by atoms with van der Waals surface area (Å²) in [6, 6.07) is 0. The van der Waals surface area contributed by atoms with Gasteiger partial charge in [-0.3, -0.25) is 14.5 Å². The summed E-state index contributed by atoms with van der Waals surface area (Å²) in [5.74, 6) is -0.930. The summed E-state index contributed by atoms with van der Waals surface area (Å²) in [6.45, 7) is 6.70. The zero-order valence-corrected chi connectivity index (χ0v) is 10.5. The summed E-state index contributed by atoms with van der Waals surface area (Å²) in [5.41, 5.74) is -0.830. The third-order valence-electron chi connectivity index (χ3n) is 2.38. The number of nitrogens with zero attached hydrogens (tertiary/aromatic N) is 1. The first-order chi connectivity index (χ1) is 7.33. The van der Waals surface area contributed by atoms with Gasteiger partial charge >= 0.3 is 5.97 Å². The lowest BCUT2D eigenvalue weighted by Gasteiger charge is -2.28. The molecule has 0 aromatic rings. The molecule has 0 radical (unpaired) electrons. The molecule has 5 nitrogen and oxygen atoms in total. The van der Waals surface area contributed by atoms with Gasteiger partial charge in [-0.05, 0) is 26.8 Å². The molecule has 0 rings (SSSR count). The van der Waals surface area contributed by atoms with Crippen LogP contribution in [0.2, 0.25) is 0 Å². The molecule has 1 amide bonds. The fourth-order valence-electron chi connectivity index (χ4n) is 1.44.